The molecular formula is C15H20ClN3O. The van der Waals surface area contributed by atoms with Gasteiger partial charge in [0.05, 0.1) is 5.54 Å². The molecule has 0 radical (unpaired) electrons. The number of carbonyl (C=O) groups excluding carboxylic acids is 1. The van der Waals surface area contributed by atoms with Crippen molar-refractivity contribution in [3.05, 3.63) is 30.5 Å². The van der Waals surface area contributed by atoms with Crippen molar-refractivity contribution in [2.24, 2.45) is 0 Å². The van der Waals surface area contributed by atoms with Crippen LogP contribution in [-0.4, -0.2) is 23.0 Å². The minimum absolute atomic E-state index is 0. The predicted octanol–water partition coefficient (Wildman–Crippen LogP) is 3.06. The second-order valence-electron chi connectivity index (χ2n) is 5.45. The van der Waals surface area contributed by atoms with E-state index in [1.54, 1.807) is 0 Å². The van der Waals surface area contributed by atoms with Crippen LogP contribution in [-0.2, 0) is 4.79 Å². The molecule has 1 atom stereocenters. The molecule has 1 aromatic carbocycles. The van der Waals surface area contributed by atoms with Crippen LogP contribution in [0.2, 0.25) is 0 Å². The first-order chi connectivity index (χ1) is 9.17. The number of hydrogen-bond acceptors (Lipinski definition) is 2. The number of amides is 1. The van der Waals surface area contributed by atoms with Crippen LogP contribution in [0.4, 0.5) is 5.69 Å². The quantitative estimate of drug-likeness (QED) is 0.797. The Morgan fingerprint density at radius 3 is 2.90 bits per heavy atom. The van der Waals surface area contributed by atoms with E-state index < -0.39 is 5.54 Å². The zero-order valence-corrected chi connectivity index (χ0v) is 12.3. The summed E-state index contributed by atoms with van der Waals surface area (Å²) in [6.45, 7) is 2.90. The lowest BCUT2D eigenvalue weighted by Gasteiger charge is -2.33. The number of aromatic amines is 1. The Balaban J connectivity index is 0.00000147. The van der Waals surface area contributed by atoms with Crippen molar-refractivity contribution in [1.29, 1.82) is 0 Å². The van der Waals surface area contributed by atoms with E-state index in [1.807, 2.05) is 37.4 Å². The second-order valence-corrected chi connectivity index (χ2v) is 5.45. The van der Waals surface area contributed by atoms with Gasteiger partial charge in [0.25, 0.3) is 0 Å². The lowest BCUT2D eigenvalue weighted by molar-refractivity contribution is -0.122. The van der Waals surface area contributed by atoms with Gasteiger partial charge in [-0.2, -0.15) is 0 Å². The maximum Gasteiger partial charge on any atom is 0.244 e. The summed E-state index contributed by atoms with van der Waals surface area (Å²) in [6, 6.07) is 7.92. The van der Waals surface area contributed by atoms with E-state index in [0.717, 1.165) is 42.4 Å². The number of fused-ring (bicyclic) bond motifs is 1. The molecule has 1 unspecified atom stereocenters. The predicted molar refractivity (Wildman–Crippen MR) is 84.4 cm³/mol. The highest BCUT2D eigenvalue weighted by atomic mass is 35.5. The Hall–Kier alpha value is -1.52. The maximum atomic E-state index is 12.4. The zero-order chi connectivity index (χ0) is 13.3. The standard InChI is InChI=1S/C15H19N3O.ClH/c1-15(7-2-3-8-17-15)14(19)18-12-4-5-13-11(10-12)6-9-16-13;/h4-6,9-10,16-17H,2-3,7-8H2,1H3,(H,18,19);1H. The maximum absolute atomic E-state index is 12.4. The van der Waals surface area contributed by atoms with Crippen molar-refractivity contribution < 1.29 is 4.79 Å². The SMILES string of the molecule is CC1(C(=O)Nc2ccc3[nH]ccc3c2)CCCCN1.Cl. The van der Waals surface area contributed by atoms with Crippen molar-refractivity contribution in [3.63, 3.8) is 0 Å². The number of rotatable bonds is 2. The molecule has 1 aliphatic heterocycles. The minimum atomic E-state index is -0.439. The average Bonchev–Trinajstić information content (AvgIpc) is 2.87. The van der Waals surface area contributed by atoms with E-state index in [4.69, 9.17) is 0 Å². The van der Waals surface area contributed by atoms with Crippen molar-refractivity contribution in [1.82, 2.24) is 10.3 Å². The molecule has 3 rings (SSSR count). The van der Waals surface area contributed by atoms with Gasteiger partial charge in [-0.15, -0.1) is 12.4 Å². The van der Waals surface area contributed by atoms with Gasteiger partial charge in [-0.1, -0.05) is 0 Å². The van der Waals surface area contributed by atoms with E-state index >= 15 is 0 Å². The van der Waals surface area contributed by atoms with Crippen LogP contribution in [0, 0.1) is 0 Å². The van der Waals surface area contributed by atoms with Crippen molar-refractivity contribution in [2.75, 3.05) is 11.9 Å². The van der Waals surface area contributed by atoms with E-state index in [2.05, 4.69) is 15.6 Å². The van der Waals surface area contributed by atoms with Crippen LogP contribution in [0.1, 0.15) is 26.2 Å². The molecule has 0 aliphatic carbocycles. The molecule has 0 bridgehead atoms. The van der Waals surface area contributed by atoms with Gasteiger partial charge in [0.1, 0.15) is 0 Å². The third-order valence-corrected chi connectivity index (χ3v) is 3.93. The van der Waals surface area contributed by atoms with Crippen molar-refractivity contribution in [3.8, 4) is 0 Å². The highest BCUT2D eigenvalue weighted by Gasteiger charge is 2.34. The summed E-state index contributed by atoms with van der Waals surface area (Å²) in [5.74, 6) is 0.0575. The molecule has 1 saturated heterocycles. The molecule has 5 heteroatoms. The molecule has 1 amide bonds. The number of H-pyrrole nitrogens is 1. The first-order valence-corrected chi connectivity index (χ1v) is 6.81. The monoisotopic (exact) mass is 293 g/mol. The fourth-order valence-electron chi connectivity index (χ4n) is 2.65. The third-order valence-electron chi connectivity index (χ3n) is 3.93. The fraction of sp³-hybridized carbons (Fsp3) is 0.400. The van der Waals surface area contributed by atoms with Gasteiger partial charge < -0.3 is 15.6 Å². The lowest BCUT2D eigenvalue weighted by atomic mass is 9.90. The third kappa shape index (κ3) is 2.81. The van der Waals surface area contributed by atoms with Crippen molar-refractivity contribution >= 4 is 34.9 Å². The highest BCUT2D eigenvalue weighted by molar-refractivity contribution is 5.99. The Morgan fingerprint density at radius 1 is 1.30 bits per heavy atom. The summed E-state index contributed by atoms with van der Waals surface area (Å²) in [5.41, 5.74) is 1.50. The van der Waals surface area contributed by atoms with Gasteiger partial charge in [-0.05, 0) is 57.0 Å². The Morgan fingerprint density at radius 2 is 2.15 bits per heavy atom. The summed E-state index contributed by atoms with van der Waals surface area (Å²) in [7, 11) is 0. The molecule has 4 nitrogen and oxygen atoms in total. The normalized spacial score (nSPS) is 22.2. The van der Waals surface area contributed by atoms with Gasteiger partial charge in [0.15, 0.2) is 0 Å². The number of benzene rings is 1. The van der Waals surface area contributed by atoms with Gasteiger partial charge >= 0.3 is 0 Å². The van der Waals surface area contributed by atoms with Crippen LogP contribution in [0.15, 0.2) is 30.5 Å². The molecule has 1 aliphatic rings. The van der Waals surface area contributed by atoms with Crippen LogP contribution in [0.3, 0.4) is 0 Å². The molecule has 0 saturated carbocycles. The Bertz CT molecular complexity index is 602. The van der Waals surface area contributed by atoms with Gasteiger partial charge in [0, 0.05) is 22.8 Å². The summed E-state index contributed by atoms with van der Waals surface area (Å²) >= 11 is 0. The number of hydrogen-bond donors (Lipinski definition) is 3. The zero-order valence-electron chi connectivity index (χ0n) is 11.5. The summed E-state index contributed by atoms with van der Waals surface area (Å²) in [5, 5.41) is 7.46. The van der Waals surface area contributed by atoms with E-state index in [1.165, 1.54) is 0 Å². The Labute approximate surface area is 124 Å². The van der Waals surface area contributed by atoms with Crippen molar-refractivity contribution in [2.45, 2.75) is 31.7 Å². The van der Waals surface area contributed by atoms with Crippen LogP contribution in [0.25, 0.3) is 10.9 Å². The van der Waals surface area contributed by atoms with Gasteiger partial charge in [-0.25, -0.2) is 0 Å². The van der Waals surface area contributed by atoms with Crippen LogP contribution in [0.5, 0.6) is 0 Å². The molecule has 1 aromatic heterocycles. The average molecular weight is 294 g/mol. The Kier molecular flexibility index (Phi) is 4.35. The summed E-state index contributed by atoms with van der Waals surface area (Å²) < 4.78 is 0. The first-order valence-electron chi connectivity index (χ1n) is 6.81. The minimum Gasteiger partial charge on any atom is -0.361 e. The van der Waals surface area contributed by atoms with Gasteiger partial charge in [-0.3, -0.25) is 4.79 Å². The molecular weight excluding hydrogens is 274 g/mol. The summed E-state index contributed by atoms with van der Waals surface area (Å²) in [4.78, 5) is 15.5. The molecule has 3 N–H and O–H groups in total. The number of halogens is 1. The summed E-state index contributed by atoms with van der Waals surface area (Å²) in [6.07, 6.45) is 5.05. The number of nitrogens with one attached hydrogen (secondary N) is 3. The number of aromatic nitrogens is 1. The molecule has 108 valence electrons. The molecule has 0 spiro atoms. The van der Waals surface area contributed by atoms with E-state index in [-0.39, 0.29) is 18.3 Å². The smallest absolute Gasteiger partial charge is 0.244 e. The largest absolute Gasteiger partial charge is 0.361 e. The van der Waals surface area contributed by atoms with Crippen LogP contribution >= 0.6 is 12.4 Å². The van der Waals surface area contributed by atoms with Crippen LogP contribution < -0.4 is 10.6 Å². The fourth-order valence-corrected chi connectivity index (χ4v) is 2.65. The molecule has 1 fully saturated rings. The number of anilines is 1. The molecule has 2 aromatic rings. The highest BCUT2D eigenvalue weighted by Crippen LogP contribution is 2.22. The van der Waals surface area contributed by atoms with E-state index in [0.29, 0.717) is 0 Å². The second kappa shape index (κ2) is 5.85. The topological polar surface area (TPSA) is 56.9 Å². The number of carbonyl (C=O) groups is 1. The van der Waals surface area contributed by atoms with Gasteiger partial charge in [0.2, 0.25) is 5.91 Å². The number of piperidine rings is 1. The molecule has 2 heterocycles. The molecule has 20 heavy (non-hydrogen) atoms. The first kappa shape index (κ1) is 14.9. The lowest BCUT2D eigenvalue weighted by Crippen LogP contribution is -2.54. The van der Waals surface area contributed by atoms with E-state index in [9.17, 15) is 4.79 Å².